The molecule has 0 radical (unpaired) electrons. The van der Waals surface area contributed by atoms with Gasteiger partial charge in [0.05, 0.1) is 11.4 Å². The lowest BCUT2D eigenvalue weighted by molar-refractivity contribution is 0.414. The van der Waals surface area contributed by atoms with Gasteiger partial charge in [-0.1, -0.05) is 12.1 Å². The summed E-state index contributed by atoms with van der Waals surface area (Å²) in [5, 5.41) is 25.6. The molecule has 2 aromatic carbocycles. The summed E-state index contributed by atoms with van der Waals surface area (Å²) < 4.78 is 15.7. The number of halogens is 1. The normalized spacial score (nSPS) is 16.1. The van der Waals surface area contributed by atoms with E-state index < -0.39 is 5.82 Å². The molecule has 1 aliphatic carbocycles. The van der Waals surface area contributed by atoms with Crippen molar-refractivity contribution in [2.75, 3.05) is 5.73 Å². The van der Waals surface area contributed by atoms with Crippen molar-refractivity contribution in [1.29, 1.82) is 0 Å². The van der Waals surface area contributed by atoms with Gasteiger partial charge in [-0.3, -0.25) is 0 Å². The minimum Gasteiger partial charge on any atom is -0.508 e. The molecule has 0 aliphatic heterocycles. The van der Waals surface area contributed by atoms with E-state index in [1.54, 1.807) is 10.7 Å². The maximum atomic E-state index is 13.9. The van der Waals surface area contributed by atoms with E-state index in [9.17, 15) is 14.6 Å². The number of rotatable bonds is 2. The van der Waals surface area contributed by atoms with Crippen LogP contribution in [0, 0.1) is 5.82 Å². The molecule has 2 heterocycles. The van der Waals surface area contributed by atoms with Gasteiger partial charge >= 0.3 is 0 Å². The molecule has 0 saturated carbocycles. The highest BCUT2D eigenvalue weighted by molar-refractivity contribution is 5.98. The van der Waals surface area contributed by atoms with E-state index in [1.165, 1.54) is 18.5 Å². The quantitative estimate of drug-likeness (QED) is 0.482. The zero-order chi connectivity index (χ0) is 20.1. The Morgan fingerprint density at radius 1 is 1.14 bits per heavy atom. The standard InChI is InChI=1S/C21H18FN5O2/c22-13-7-12(8-14(28)9-13)19-18-20(23)24-10-25-21(18)27(26-19)15-5-1-3-11-4-2-6-16(29)17(11)15/h2,4,6-10,15,28-29H,1,3,5H2,(H2,23,24,25). The van der Waals surface area contributed by atoms with Crippen LogP contribution in [-0.4, -0.2) is 30.0 Å². The van der Waals surface area contributed by atoms with Gasteiger partial charge in [0.25, 0.3) is 0 Å². The van der Waals surface area contributed by atoms with Crippen LogP contribution in [0.3, 0.4) is 0 Å². The van der Waals surface area contributed by atoms with Gasteiger partial charge in [-0.2, -0.15) is 5.10 Å². The Hall–Kier alpha value is -3.68. The van der Waals surface area contributed by atoms with Crippen LogP contribution in [0.25, 0.3) is 22.3 Å². The smallest absolute Gasteiger partial charge is 0.164 e. The van der Waals surface area contributed by atoms with Crippen molar-refractivity contribution in [2.24, 2.45) is 0 Å². The van der Waals surface area contributed by atoms with Gasteiger partial charge in [0.1, 0.15) is 35.2 Å². The van der Waals surface area contributed by atoms with Crippen LogP contribution in [0.2, 0.25) is 0 Å². The summed E-state index contributed by atoms with van der Waals surface area (Å²) in [6, 6.07) is 8.99. The molecule has 5 rings (SSSR count). The minimum atomic E-state index is -0.584. The summed E-state index contributed by atoms with van der Waals surface area (Å²) in [4.78, 5) is 8.45. The molecule has 8 heteroatoms. The fraction of sp³-hybridized carbons (Fsp3) is 0.190. The summed E-state index contributed by atoms with van der Waals surface area (Å²) in [5.74, 6) is -0.367. The molecule has 4 aromatic rings. The monoisotopic (exact) mass is 391 g/mol. The summed E-state index contributed by atoms with van der Waals surface area (Å²) in [7, 11) is 0. The number of aryl methyl sites for hydroxylation is 1. The number of anilines is 1. The lowest BCUT2D eigenvalue weighted by atomic mass is 9.87. The van der Waals surface area contributed by atoms with E-state index in [1.807, 2.05) is 12.1 Å². The second kappa shape index (κ2) is 6.44. The number of fused-ring (bicyclic) bond motifs is 2. The van der Waals surface area contributed by atoms with Crippen LogP contribution >= 0.6 is 0 Å². The Kier molecular flexibility index (Phi) is 3.87. The third kappa shape index (κ3) is 2.75. The molecule has 146 valence electrons. The Morgan fingerprint density at radius 3 is 2.83 bits per heavy atom. The fourth-order valence-corrected chi connectivity index (χ4v) is 4.20. The maximum Gasteiger partial charge on any atom is 0.164 e. The van der Waals surface area contributed by atoms with E-state index >= 15 is 0 Å². The van der Waals surface area contributed by atoms with E-state index in [4.69, 9.17) is 10.8 Å². The van der Waals surface area contributed by atoms with Gasteiger partial charge in [-0.15, -0.1) is 0 Å². The molecule has 1 atom stereocenters. The first-order chi connectivity index (χ1) is 14.0. The number of nitrogens with zero attached hydrogens (tertiary/aromatic N) is 4. The predicted molar refractivity (Wildman–Crippen MR) is 106 cm³/mol. The molecule has 2 aromatic heterocycles. The van der Waals surface area contributed by atoms with Crippen molar-refractivity contribution < 1.29 is 14.6 Å². The van der Waals surface area contributed by atoms with E-state index in [2.05, 4.69) is 9.97 Å². The molecule has 0 amide bonds. The number of nitrogens with two attached hydrogens (primary N) is 1. The number of aromatic hydroxyl groups is 2. The van der Waals surface area contributed by atoms with Crippen LogP contribution in [-0.2, 0) is 6.42 Å². The summed E-state index contributed by atoms with van der Waals surface area (Å²) in [6.07, 6.45) is 3.93. The van der Waals surface area contributed by atoms with Gasteiger partial charge < -0.3 is 15.9 Å². The highest BCUT2D eigenvalue weighted by Crippen LogP contribution is 2.41. The number of phenols is 2. The summed E-state index contributed by atoms with van der Waals surface area (Å²) in [6.45, 7) is 0. The van der Waals surface area contributed by atoms with Crippen molar-refractivity contribution in [1.82, 2.24) is 19.7 Å². The first-order valence-corrected chi connectivity index (χ1v) is 9.32. The minimum absolute atomic E-state index is 0.209. The lowest BCUT2D eigenvalue weighted by Crippen LogP contribution is -2.19. The summed E-state index contributed by atoms with van der Waals surface area (Å²) in [5.41, 5.74) is 9.27. The zero-order valence-corrected chi connectivity index (χ0v) is 15.4. The van der Waals surface area contributed by atoms with Gasteiger partial charge in [0.15, 0.2) is 5.65 Å². The molecule has 0 saturated heterocycles. The van der Waals surface area contributed by atoms with E-state index in [0.29, 0.717) is 22.3 Å². The Labute approximate surface area is 165 Å². The Balaban J connectivity index is 1.79. The molecule has 29 heavy (non-hydrogen) atoms. The van der Waals surface area contributed by atoms with E-state index in [-0.39, 0.29) is 23.4 Å². The van der Waals surface area contributed by atoms with Crippen LogP contribution in [0.15, 0.2) is 42.7 Å². The lowest BCUT2D eigenvalue weighted by Gasteiger charge is -2.26. The molecule has 0 fully saturated rings. The molecule has 0 spiro atoms. The third-order valence-electron chi connectivity index (χ3n) is 5.40. The number of hydrogen-bond acceptors (Lipinski definition) is 6. The molecule has 0 bridgehead atoms. The van der Waals surface area contributed by atoms with E-state index in [0.717, 1.165) is 36.5 Å². The number of benzene rings is 2. The van der Waals surface area contributed by atoms with Crippen molar-refractivity contribution in [3.63, 3.8) is 0 Å². The first kappa shape index (κ1) is 17.4. The molecule has 4 N–H and O–H groups in total. The van der Waals surface area contributed by atoms with Crippen molar-refractivity contribution in [2.45, 2.75) is 25.3 Å². The highest BCUT2D eigenvalue weighted by Gasteiger charge is 2.29. The number of aromatic nitrogens is 4. The van der Waals surface area contributed by atoms with Crippen molar-refractivity contribution in [3.05, 3.63) is 59.7 Å². The number of phenolic OH excluding ortho intramolecular Hbond substituents is 2. The Bertz CT molecular complexity index is 1230. The average Bonchev–Trinajstić information content (AvgIpc) is 3.08. The molecule has 7 nitrogen and oxygen atoms in total. The van der Waals surface area contributed by atoms with Crippen LogP contribution in [0.4, 0.5) is 10.2 Å². The first-order valence-electron chi connectivity index (χ1n) is 9.32. The number of nitrogen functional groups attached to an aromatic ring is 1. The fourth-order valence-electron chi connectivity index (χ4n) is 4.20. The average molecular weight is 391 g/mol. The third-order valence-corrected chi connectivity index (χ3v) is 5.40. The Morgan fingerprint density at radius 2 is 2.00 bits per heavy atom. The van der Waals surface area contributed by atoms with Crippen LogP contribution in [0.5, 0.6) is 11.5 Å². The predicted octanol–water partition coefficient (Wildman–Crippen LogP) is 3.55. The van der Waals surface area contributed by atoms with Gasteiger partial charge in [-0.05, 0) is 43.0 Å². The largest absolute Gasteiger partial charge is 0.508 e. The van der Waals surface area contributed by atoms with Crippen LogP contribution in [0.1, 0.15) is 30.0 Å². The second-order valence-electron chi connectivity index (χ2n) is 7.21. The van der Waals surface area contributed by atoms with Crippen LogP contribution < -0.4 is 5.73 Å². The van der Waals surface area contributed by atoms with Gasteiger partial charge in [-0.25, -0.2) is 19.0 Å². The highest BCUT2D eigenvalue weighted by atomic mass is 19.1. The maximum absolute atomic E-state index is 13.9. The number of hydrogen-bond donors (Lipinski definition) is 3. The van der Waals surface area contributed by atoms with Crippen molar-refractivity contribution >= 4 is 16.9 Å². The molecule has 1 unspecified atom stereocenters. The topological polar surface area (TPSA) is 110 Å². The van der Waals surface area contributed by atoms with Gasteiger partial charge in [0, 0.05) is 17.2 Å². The zero-order valence-electron chi connectivity index (χ0n) is 15.4. The molecule has 1 aliphatic rings. The summed E-state index contributed by atoms with van der Waals surface area (Å²) >= 11 is 0. The van der Waals surface area contributed by atoms with Gasteiger partial charge in [0.2, 0.25) is 0 Å². The second-order valence-corrected chi connectivity index (χ2v) is 7.21. The molecular formula is C21H18FN5O2. The SMILES string of the molecule is Nc1ncnc2c1c(-c1cc(O)cc(F)c1)nn2C1CCCc2cccc(O)c21. The molecular weight excluding hydrogens is 373 g/mol. The van der Waals surface area contributed by atoms with Crippen molar-refractivity contribution in [3.8, 4) is 22.8 Å².